The average molecular weight is 617 g/mol. The molecule has 2 heterocycles. The predicted molar refractivity (Wildman–Crippen MR) is 173 cm³/mol. The van der Waals surface area contributed by atoms with Gasteiger partial charge in [0.2, 0.25) is 5.89 Å². The molecule has 0 fully saturated rings. The number of aryl methyl sites for hydroxylation is 1. The van der Waals surface area contributed by atoms with Crippen molar-refractivity contribution in [2.24, 2.45) is 5.41 Å². The van der Waals surface area contributed by atoms with Crippen molar-refractivity contribution < 1.29 is 27.9 Å². The van der Waals surface area contributed by atoms with Gasteiger partial charge in [-0.3, -0.25) is 4.79 Å². The summed E-state index contributed by atoms with van der Waals surface area (Å²) in [5.74, 6) is 0.424. The van der Waals surface area contributed by atoms with E-state index in [2.05, 4.69) is 61.6 Å². The molecule has 0 aliphatic carbocycles. The van der Waals surface area contributed by atoms with Gasteiger partial charge in [-0.15, -0.1) is 0 Å². The van der Waals surface area contributed by atoms with Gasteiger partial charge in [0.1, 0.15) is 30.4 Å². The molecule has 44 heavy (non-hydrogen) atoms. The third-order valence-electron chi connectivity index (χ3n) is 7.49. The molecule has 9 heteroatoms. The molecule has 0 unspecified atom stereocenters. The molecule has 0 saturated carbocycles. The first kappa shape index (κ1) is 33.1. The van der Waals surface area contributed by atoms with Gasteiger partial charge in [-0.1, -0.05) is 93.6 Å². The Kier molecular flexibility index (Phi) is 10.1. The van der Waals surface area contributed by atoms with Crippen LogP contribution in [0.3, 0.4) is 0 Å². The van der Waals surface area contributed by atoms with Crippen molar-refractivity contribution in [1.29, 1.82) is 0 Å². The van der Waals surface area contributed by atoms with Gasteiger partial charge < -0.3 is 23.1 Å². The molecule has 234 valence electrons. The Morgan fingerprint density at radius 2 is 1.50 bits per heavy atom. The SMILES string of the molecule is C=C(C[C@H](CO[Si](c1ccccc1)(c1ccccc1)C(C)(C)C)OC(=O)C(C)(C)C)C[C@@H](O)c1coc(-c2coc(C)n2)n1. The molecule has 1 N–H and O–H groups in total. The van der Waals surface area contributed by atoms with Gasteiger partial charge >= 0.3 is 5.97 Å². The molecular formula is C35H44N2O6Si. The molecule has 0 bridgehead atoms. The minimum absolute atomic E-state index is 0.170. The second-order valence-electron chi connectivity index (χ2n) is 13.3. The fourth-order valence-electron chi connectivity index (χ4n) is 5.24. The Morgan fingerprint density at radius 3 is 2.00 bits per heavy atom. The molecule has 0 saturated heterocycles. The van der Waals surface area contributed by atoms with E-state index in [1.54, 1.807) is 6.92 Å². The largest absolute Gasteiger partial charge is 0.459 e. The Labute approximate surface area is 261 Å². The Hall–Kier alpha value is -3.79. The van der Waals surface area contributed by atoms with E-state index in [0.29, 0.717) is 29.3 Å². The molecule has 8 nitrogen and oxygen atoms in total. The number of aromatic nitrogens is 2. The maximum absolute atomic E-state index is 13.1. The first-order valence-electron chi connectivity index (χ1n) is 14.9. The van der Waals surface area contributed by atoms with E-state index in [9.17, 15) is 9.90 Å². The maximum Gasteiger partial charge on any atom is 0.311 e. The van der Waals surface area contributed by atoms with Gasteiger partial charge in [-0.05, 0) is 42.6 Å². The smallest absolute Gasteiger partial charge is 0.311 e. The zero-order valence-corrected chi connectivity index (χ0v) is 27.8. The number of benzene rings is 2. The summed E-state index contributed by atoms with van der Waals surface area (Å²) in [5.41, 5.74) is 0.799. The summed E-state index contributed by atoms with van der Waals surface area (Å²) in [6.07, 6.45) is 1.78. The van der Waals surface area contributed by atoms with Crippen molar-refractivity contribution >= 4 is 24.7 Å². The Morgan fingerprint density at radius 1 is 0.909 bits per heavy atom. The summed E-state index contributed by atoms with van der Waals surface area (Å²) in [4.78, 5) is 21.7. The van der Waals surface area contributed by atoms with Crippen LogP contribution in [0.15, 0.2) is 94.2 Å². The lowest BCUT2D eigenvalue weighted by Crippen LogP contribution is -2.67. The maximum atomic E-state index is 13.1. The Balaban J connectivity index is 1.57. The third kappa shape index (κ3) is 7.64. The second kappa shape index (κ2) is 13.5. The number of rotatable bonds is 12. The molecule has 4 aromatic rings. The van der Waals surface area contributed by atoms with E-state index in [1.807, 2.05) is 57.2 Å². The number of hydrogen-bond acceptors (Lipinski definition) is 8. The lowest BCUT2D eigenvalue weighted by atomic mass is 9.97. The van der Waals surface area contributed by atoms with E-state index in [0.717, 1.165) is 10.4 Å². The van der Waals surface area contributed by atoms with Crippen LogP contribution in [-0.2, 0) is 14.0 Å². The highest BCUT2D eigenvalue weighted by atomic mass is 28.4. The van der Waals surface area contributed by atoms with Crippen molar-refractivity contribution in [2.75, 3.05) is 6.61 Å². The summed E-state index contributed by atoms with van der Waals surface area (Å²) in [6, 6.07) is 20.7. The summed E-state index contributed by atoms with van der Waals surface area (Å²) in [5, 5.41) is 13.0. The van der Waals surface area contributed by atoms with Crippen LogP contribution >= 0.6 is 0 Å². The molecule has 2 aromatic carbocycles. The van der Waals surface area contributed by atoms with Gasteiger partial charge in [0.25, 0.3) is 8.32 Å². The zero-order valence-electron chi connectivity index (χ0n) is 26.8. The molecule has 0 aliphatic rings. The summed E-state index contributed by atoms with van der Waals surface area (Å²) < 4.78 is 23.9. The highest BCUT2D eigenvalue weighted by Crippen LogP contribution is 2.37. The molecule has 0 aliphatic heterocycles. The van der Waals surface area contributed by atoms with Crippen LogP contribution in [0.25, 0.3) is 11.6 Å². The van der Waals surface area contributed by atoms with Gasteiger partial charge in [0, 0.05) is 13.3 Å². The second-order valence-corrected chi connectivity index (χ2v) is 17.6. The summed E-state index contributed by atoms with van der Waals surface area (Å²) in [7, 11) is -2.88. The number of carbonyl (C=O) groups excluding carboxylic acids is 1. The quantitative estimate of drug-likeness (QED) is 0.109. The standard InChI is InChI=1S/C35H44N2O6Si/c1-24(20-31(38)29-22-41-32(37-29)30-23-40-25(2)36-30)19-26(43-33(39)34(3,4)5)21-42-44(35(6,7)8,27-15-11-9-12-16-27)28-17-13-10-14-18-28/h9-18,22-23,26,31,38H,1,19-21H2,2-8H3/t26-,31-/m1/s1. The van der Waals surface area contributed by atoms with Crippen LogP contribution in [0.2, 0.25) is 5.04 Å². The number of aliphatic hydroxyl groups is 1. The molecule has 0 spiro atoms. The van der Waals surface area contributed by atoms with E-state index in [-0.39, 0.29) is 29.9 Å². The van der Waals surface area contributed by atoms with Crippen molar-refractivity contribution in [3.63, 3.8) is 0 Å². The van der Waals surface area contributed by atoms with E-state index in [4.69, 9.17) is 18.0 Å². The number of hydrogen-bond donors (Lipinski definition) is 1. The van der Waals surface area contributed by atoms with Crippen LogP contribution in [0, 0.1) is 12.3 Å². The summed E-state index contributed by atoms with van der Waals surface area (Å²) >= 11 is 0. The van der Waals surface area contributed by atoms with Crippen LogP contribution < -0.4 is 10.4 Å². The summed E-state index contributed by atoms with van der Waals surface area (Å²) in [6.45, 7) is 18.2. The predicted octanol–water partition coefficient (Wildman–Crippen LogP) is 6.54. The molecule has 2 aromatic heterocycles. The van der Waals surface area contributed by atoms with Crippen LogP contribution in [0.4, 0.5) is 0 Å². The minimum atomic E-state index is -2.88. The van der Waals surface area contributed by atoms with Crippen molar-refractivity contribution in [1.82, 2.24) is 9.97 Å². The van der Waals surface area contributed by atoms with Crippen LogP contribution in [-0.4, -0.2) is 42.1 Å². The third-order valence-corrected chi connectivity index (χ3v) is 12.5. The van der Waals surface area contributed by atoms with Gasteiger partial charge in [-0.2, -0.15) is 0 Å². The molecule has 2 atom stereocenters. The fraction of sp³-hybridized carbons (Fsp3) is 0.400. The number of nitrogens with zero attached hydrogens (tertiary/aromatic N) is 2. The minimum Gasteiger partial charge on any atom is -0.459 e. The molecule has 4 rings (SSSR count). The lowest BCUT2D eigenvalue weighted by molar-refractivity contribution is -0.160. The van der Waals surface area contributed by atoms with E-state index < -0.39 is 25.9 Å². The zero-order chi connectivity index (χ0) is 32.1. The normalized spacial score (nSPS) is 13.8. The number of carbonyl (C=O) groups is 1. The van der Waals surface area contributed by atoms with Crippen molar-refractivity contribution in [3.8, 4) is 11.6 Å². The number of aliphatic hydroxyl groups excluding tert-OH is 1. The number of ether oxygens (including phenoxy) is 1. The first-order chi connectivity index (χ1) is 20.7. The highest BCUT2D eigenvalue weighted by molar-refractivity contribution is 6.99. The fourth-order valence-corrected chi connectivity index (χ4v) is 9.84. The van der Waals surface area contributed by atoms with Crippen LogP contribution in [0.1, 0.15) is 72.1 Å². The monoisotopic (exact) mass is 616 g/mol. The van der Waals surface area contributed by atoms with Gasteiger partial charge in [0.05, 0.1) is 12.0 Å². The molecule has 0 radical (unpaired) electrons. The molecule has 0 amide bonds. The van der Waals surface area contributed by atoms with Crippen molar-refractivity contribution in [2.45, 2.75) is 78.6 Å². The molecular weight excluding hydrogens is 572 g/mol. The average Bonchev–Trinajstić information content (AvgIpc) is 3.62. The first-order valence-corrected chi connectivity index (χ1v) is 16.8. The topological polar surface area (TPSA) is 108 Å². The van der Waals surface area contributed by atoms with E-state index >= 15 is 0 Å². The number of oxazole rings is 2. The van der Waals surface area contributed by atoms with Crippen LogP contribution in [0.5, 0.6) is 0 Å². The Bertz CT molecular complexity index is 1490. The van der Waals surface area contributed by atoms with Gasteiger partial charge in [-0.25, -0.2) is 9.97 Å². The lowest BCUT2D eigenvalue weighted by Gasteiger charge is -2.43. The highest BCUT2D eigenvalue weighted by Gasteiger charge is 2.50. The van der Waals surface area contributed by atoms with Crippen molar-refractivity contribution in [3.05, 3.63) is 96.9 Å². The van der Waals surface area contributed by atoms with Gasteiger partial charge in [0.15, 0.2) is 11.6 Å². The number of esters is 1. The van der Waals surface area contributed by atoms with E-state index in [1.165, 1.54) is 12.5 Å².